The van der Waals surface area contributed by atoms with E-state index in [2.05, 4.69) is 42.2 Å². The Balaban J connectivity index is 1.52. The second-order valence-corrected chi connectivity index (χ2v) is 6.77. The van der Waals surface area contributed by atoms with Gasteiger partial charge in [-0.05, 0) is 55.7 Å². The van der Waals surface area contributed by atoms with E-state index in [1.54, 1.807) is 0 Å². The van der Waals surface area contributed by atoms with Crippen LogP contribution in [0.4, 0.5) is 5.69 Å². The van der Waals surface area contributed by atoms with E-state index in [9.17, 15) is 4.79 Å². The minimum Gasteiger partial charge on any atom is -0.484 e. The average molecular weight is 338 g/mol. The lowest BCUT2D eigenvalue weighted by atomic mass is 10.1. The molecule has 0 spiro atoms. The van der Waals surface area contributed by atoms with E-state index < -0.39 is 0 Å². The van der Waals surface area contributed by atoms with Crippen LogP contribution < -0.4 is 9.64 Å². The summed E-state index contributed by atoms with van der Waals surface area (Å²) in [6.45, 7) is 9.50. The van der Waals surface area contributed by atoms with Crippen molar-refractivity contribution in [3.05, 3.63) is 59.2 Å². The molecule has 132 valence electrons. The van der Waals surface area contributed by atoms with Crippen LogP contribution in [0.3, 0.4) is 0 Å². The van der Waals surface area contributed by atoms with E-state index in [1.165, 1.54) is 11.3 Å². The molecular weight excluding hydrogens is 312 g/mol. The molecule has 0 radical (unpaired) electrons. The topological polar surface area (TPSA) is 32.8 Å². The minimum atomic E-state index is 0.0589. The number of hydrogen-bond donors (Lipinski definition) is 0. The summed E-state index contributed by atoms with van der Waals surface area (Å²) >= 11 is 0. The number of para-hydroxylation sites is 1. The molecule has 0 unspecified atom stereocenters. The number of nitrogens with zero attached hydrogens (tertiary/aromatic N) is 2. The van der Waals surface area contributed by atoms with Crippen molar-refractivity contribution in [1.82, 2.24) is 4.90 Å². The van der Waals surface area contributed by atoms with Gasteiger partial charge < -0.3 is 14.5 Å². The number of rotatable bonds is 4. The number of ether oxygens (including phenoxy) is 1. The molecule has 4 nitrogen and oxygen atoms in total. The van der Waals surface area contributed by atoms with Crippen LogP contribution in [0, 0.1) is 20.8 Å². The summed E-state index contributed by atoms with van der Waals surface area (Å²) in [6, 6.07) is 14.4. The fraction of sp³-hybridized carbons (Fsp3) is 0.381. The van der Waals surface area contributed by atoms with Gasteiger partial charge in [0.15, 0.2) is 6.61 Å². The van der Waals surface area contributed by atoms with Gasteiger partial charge >= 0.3 is 0 Å². The number of hydrogen-bond acceptors (Lipinski definition) is 3. The van der Waals surface area contributed by atoms with Gasteiger partial charge in [-0.2, -0.15) is 0 Å². The van der Waals surface area contributed by atoms with Crippen molar-refractivity contribution >= 4 is 11.6 Å². The first-order valence-corrected chi connectivity index (χ1v) is 8.82. The molecule has 0 atom stereocenters. The maximum atomic E-state index is 12.4. The smallest absolute Gasteiger partial charge is 0.260 e. The lowest BCUT2D eigenvalue weighted by Crippen LogP contribution is -2.50. The third-order valence-corrected chi connectivity index (χ3v) is 4.65. The van der Waals surface area contributed by atoms with Crippen LogP contribution in [-0.4, -0.2) is 43.6 Å². The number of piperazine rings is 1. The van der Waals surface area contributed by atoms with E-state index in [-0.39, 0.29) is 12.5 Å². The van der Waals surface area contributed by atoms with E-state index >= 15 is 0 Å². The molecule has 2 aromatic rings. The van der Waals surface area contributed by atoms with Crippen LogP contribution in [-0.2, 0) is 4.79 Å². The largest absolute Gasteiger partial charge is 0.484 e. The predicted molar refractivity (Wildman–Crippen MR) is 101 cm³/mol. The SMILES string of the molecule is Cc1cc(C)cc(OCC(=O)N2CCN(c3ccccc3C)CC2)c1. The Bertz CT molecular complexity index is 729. The molecule has 1 saturated heterocycles. The van der Waals surface area contributed by atoms with Gasteiger partial charge in [0.2, 0.25) is 0 Å². The van der Waals surface area contributed by atoms with Crippen LogP contribution in [0.1, 0.15) is 16.7 Å². The first kappa shape index (κ1) is 17.3. The van der Waals surface area contributed by atoms with E-state index in [0.717, 1.165) is 43.1 Å². The fourth-order valence-electron chi connectivity index (χ4n) is 3.37. The van der Waals surface area contributed by atoms with E-state index in [0.29, 0.717) is 0 Å². The molecule has 2 aromatic carbocycles. The number of carbonyl (C=O) groups is 1. The Morgan fingerprint density at radius 3 is 2.24 bits per heavy atom. The molecule has 0 bridgehead atoms. The van der Waals surface area contributed by atoms with Crippen LogP contribution in [0.15, 0.2) is 42.5 Å². The summed E-state index contributed by atoms with van der Waals surface area (Å²) in [5.41, 5.74) is 4.84. The van der Waals surface area contributed by atoms with Crippen molar-refractivity contribution in [2.24, 2.45) is 0 Å². The third-order valence-electron chi connectivity index (χ3n) is 4.65. The van der Waals surface area contributed by atoms with E-state index in [1.807, 2.05) is 30.9 Å². The third kappa shape index (κ3) is 4.32. The quantitative estimate of drug-likeness (QED) is 0.857. The van der Waals surface area contributed by atoms with Crippen molar-refractivity contribution in [2.45, 2.75) is 20.8 Å². The van der Waals surface area contributed by atoms with Crippen molar-refractivity contribution < 1.29 is 9.53 Å². The van der Waals surface area contributed by atoms with Crippen molar-refractivity contribution in [3.8, 4) is 5.75 Å². The number of anilines is 1. The molecule has 1 aliphatic heterocycles. The van der Waals surface area contributed by atoms with Crippen LogP contribution in [0.2, 0.25) is 0 Å². The molecule has 1 aliphatic rings. The van der Waals surface area contributed by atoms with Crippen LogP contribution in [0.5, 0.6) is 5.75 Å². The molecule has 0 N–H and O–H groups in total. The summed E-state index contributed by atoms with van der Waals surface area (Å²) in [6.07, 6.45) is 0. The zero-order valence-corrected chi connectivity index (χ0v) is 15.3. The molecular formula is C21H26N2O2. The summed E-state index contributed by atoms with van der Waals surface area (Å²) in [5.74, 6) is 0.827. The summed E-state index contributed by atoms with van der Waals surface area (Å²) in [4.78, 5) is 16.7. The van der Waals surface area contributed by atoms with Gasteiger partial charge in [0, 0.05) is 31.9 Å². The molecule has 0 aliphatic carbocycles. The molecule has 0 saturated carbocycles. The molecule has 25 heavy (non-hydrogen) atoms. The van der Waals surface area contributed by atoms with Crippen LogP contribution in [0.25, 0.3) is 0 Å². The summed E-state index contributed by atoms with van der Waals surface area (Å²) in [7, 11) is 0. The van der Waals surface area contributed by atoms with Gasteiger partial charge in [-0.1, -0.05) is 24.3 Å². The molecule has 1 amide bonds. The van der Waals surface area contributed by atoms with Gasteiger partial charge in [-0.3, -0.25) is 4.79 Å². The average Bonchev–Trinajstić information content (AvgIpc) is 2.59. The Kier molecular flexibility index (Phi) is 5.27. The highest BCUT2D eigenvalue weighted by atomic mass is 16.5. The van der Waals surface area contributed by atoms with Gasteiger partial charge in [0.25, 0.3) is 5.91 Å². The maximum absolute atomic E-state index is 12.4. The van der Waals surface area contributed by atoms with Gasteiger partial charge in [0.1, 0.15) is 5.75 Å². The molecule has 3 rings (SSSR count). The van der Waals surface area contributed by atoms with Gasteiger partial charge in [0.05, 0.1) is 0 Å². The van der Waals surface area contributed by atoms with Crippen molar-refractivity contribution in [2.75, 3.05) is 37.7 Å². The zero-order chi connectivity index (χ0) is 17.8. The monoisotopic (exact) mass is 338 g/mol. The highest BCUT2D eigenvalue weighted by Crippen LogP contribution is 2.21. The normalized spacial score (nSPS) is 14.5. The first-order valence-electron chi connectivity index (χ1n) is 8.82. The summed E-state index contributed by atoms with van der Waals surface area (Å²) < 4.78 is 5.71. The lowest BCUT2D eigenvalue weighted by Gasteiger charge is -2.36. The van der Waals surface area contributed by atoms with Crippen molar-refractivity contribution in [1.29, 1.82) is 0 Å². The second kappa shape index (κ2) is 7.60. The molecule has 1 heterocycles. The van der Waals surface area contributed by atoms with Crippen molar-refractivity contribution in [3.63, 3.8) is 0 Å². The Morgan fingerprint density at radius 1 is 0.960 bits per heavy atom. The van der Waals surface area contributed by atoms with Crippen LogP contribution >= 0.6 is 0 Å². The highest BCUT2D eigenvalue weighted by Gasteiger charge is 2.22. The minimum absolute atomic E-state index is 0.0589. The molecule has 1 fully saturated rings. The standard InChI is InChI=1S/C21H26N2O2/c1-16-12-17(2)14-19(13-16)25-15-21(24)23-10-8-22(9-11-23)20-7-5-4-6-18(20)3/h4-7,12-14H,8-11,15H2,1-3H3. The van der Waals surface area contributed by atoms with E-state index in [4.69, 9.17) is 4.74 Å². The predicted octanol–water partition coefficient (Wildman–Crippen LogP) is 3.34. The lowest BCUT2D eigenvalue weighted by molar-refractivity contribution is -0.133. The highest BCUT2D eigenvalue weighted by molar-refractivity contribution is 5.78. The Hall–Kier alpha value is -2.49. The maximum Gasteiger partial charge on any atom is 0.260 e. The zero-order valence-electron chi connectivity index (χ0n) is 15.3. The van der Waals surface area contributed by atoms with Gasteiger partial charge in [-0.25, -0.2) is 0 Å². The number of carbonyl (C=O) groups excluding carboxylic acids is 1. The molecule has 4 heteroatoms. The number of amides is 1. The first-order chi connectivity index (χ1) is 12.0. The van der Waals surface area contributed by atoms with Gasteiger partial charge in [-0.15, -0.1) is 0 Å². The number of aryl methyl sites for hydroxylation is 3. The molecule has 0 aromatic heterocycles. The Labute approximate surface area is 150 Å². The fourth-order valence-corrected chi connectivity index (χ4v) is 3.37. The summed E-state index contributed by atoms with van der Waals surface area (Å²) in [5, 5.41) is 0. The Morgan fingerprint density at radius 2 is 1.60 bits per heavy atom. The second-order valence-electron chi connectivity index (χ2n) is 6.77. The number of benzene rings is 2.